The molecule has 0 radical (unpaired) electrons. The molecule has 0 saturated heterocycles. The van der Waals surface area contributed by atoms with Gasteiger partial charge in [0.15, 0.2) is 6.73 Å². The third-order valence-corrected chi connectivity index (χ3v) is 1.65. The zero-order valence-electron chi connectivity index (χ0n) is 5.23. The van der Waals surface area contributed by atoms with Gasteiger partial charge in [0.25, 0.3) is 0 Å². The summed E-state index contributed by atoms with van der Waals surface area (Å²) in [4.78, 5) is 1.45. The summed E-state index contributed by atoms with van der Waals surface area (Å²) in [6.45, 7) is 0.260. The van der Waals surface area contributed by atoms with Gasteiger partial charge in [-0.1, -0.05) is 0 Å². The van der Waals surface area contributed by atoms with E-state index in [9.17, 15) is 8.42 Å². The highest BCUT2D eigenvalue weighted by Gasteiger charge is 2.11. The second kappa shape index (κ2) is 2.47. The number of nitrogens with two attached hydrogens (primary N) is 1. The fourth-order valence-corrected chi connectivity index (χ4v) is 1.25. The number of sulfonamides is 1. The molecule has 0 bridgehead atoms. The van der Waals surface area contributed by atoms with Crippen LogP contribution in [-0.2, 0) is 14.8 Å². The van der Waals surface area contributed by atoms with E-state index < -0.39 is 10.0 Å². The van der Waals surface area contributed by atoms with E-state index in [2.05, 4.69) is 0 Å². The normalized spacial score (nSPS) is 17.5. The first-order valence-electron chi connectivity index (χ1n) is 2.61. The number of hydrogen-bond acceptors (Lipinski definition) is 4. The SMILES string of the molecule is NS(=O)(=O)CN1C=COC1. The molecular formula is C4H8N2O3S. The molecule has 0 aromatic rings. The summed E-state index contributed by atoms with van der Waals surface area (Å²) in [5, 5.41) is 4.76. The Morgan fingerprint density at radius 3 is 2.80 bits per heavy atom. The van der Waals surface area contributed by atoms with Crippen LogP contribution in [0.2, 0.25) is 0 Å². The van der Waals surface area contributed by atoms with Crippen LogP contribution < -0.4 is 5.14 Å². The van der Waals surface area contributed by atoms with Crippen molar-refractivity contribution in [3.8, 4) is 0 Å². The summed E-state index contributed by atoms with van der Waals surface area (Å²) in [6, 6.07) is 0. The molecule has 1 rings (SSSR count). The van der Waals surface area contributed by atoms with Gasteiger partial charge in [-0.25, -0.2) is 13.6 Å². The summed E-state index contributed by atoms with van der Waals surface area (Å²) in [5.41, 5.74) is 0. The van der Waals surface area contributed by atoms with E-state index in [0.29, 0.717) is 0 Å². The zero-order valence-corrected chi connectivity index (χ0v) is 6.04. The minimum Gasteiger partial charge on any atom is -0.479 e. The molecule has 1 aliphatic rings. The van der Waals surface area contributed by atoms with Crippen LogP contribution in [0.25, 0.3) is 0 Å². The van der Waals surface area contributed by atoms with E-state index in [1.54, 1.807) is 0 Å². The van der Waals surface area contributed by atoms with Crippen LogP contribution in [0.5, 0.6) is 0 Å². The highest BCUT2D eigenvalue weighted by atomic mass is 32.2. The largest absolute Gasteiger partial charge is 0.479 e. The van der Waals surface area contributed by atoms with Crippen molar-refractivity contribution in [3.05, 3.63) is 12.5 Å². The maximum atomic E-state index is 10.4. The molecule has 0 aromatic carbocycles. The van der Waals surface area contributed by atoms with Crippen molar-refractivity contribution in [1.82, 2.24) is 4.90 Å². The predicted molar refractivity (Wildman–Crippen MR) is 34.9 cm³/mol. The van der Waals surface area contributed by atoms with Crippen LogP contribution in [0.15, 0.2) is 12.5 Å². The van der Waals surface area contributed by atoms with E-state index in [1.165, 1.54) is 17.4 Å². The quantitative estimate of drug-likeness (QED) is 0.567. The monoisotopic (exact) mass is 164 g/mol. The molecule has 0 saturated carbocycles. The first kappa shape index (κ1) is 7.36. The molecule has 0 atom stereocenters. The van der Waals surface area contributed by atoms with E-state index >= 15 is 0 Å². The molecule has 0 unspecified atom stereocenters. The lowest BCUT2D eigenvalue weighted by Gasteiger charge is -2.10. The number of ether oxygens (including phenoxy) is 1. The zero-order chi connectivity index (χ0) is 7.61. The fraction of sp³-hybridized carbons (Fsp3) is 0.500. The first-order chi connectivity index (χ1) is 4.58. The molecular weight excluding hydrogens is 156 g/mol. The van der Waals surface area contributed by atoms with Crippen molar-refractivity contribution in [2.45, 2.75) is 0 Å². The highest BCUT2D eigenvalue weighted by molar-refractivity contribution is 7.89. The van der Waals surface area contributed by atoms with Crippen molar-refractivity contribution < 1.29 is 13.2 Å². The van der Waals surface area contributed by atoms with Crippen molar-refractivity contribution in [1.29, 1.82) is 0 Å². The topological polar surface area (TPSA) is 72.6 Å². The maximum Gasteiger partial charge on any atom is 0.227 e. The molecule has 10 heavy (non-hydrogen) atoms. The van der Waals surface area contributed by atoms with Gasteiger partial charge >= 0.3 is 0 Å². The molecule has 58 valence electrons. The third kappa shape index (κ3) is 2.24. The van der Waals surface area contributed by atoms with Crippen molar-refractivity contribution >= 4 is 10.0 Å². The molecule has 0 aromatic heterocycles. The number of nitrogens with zero attached hydrogens (tertiary/aromatic N) is 1. The molecule has 0 fully saturated rings. The fourth-order valence-electron chi connectivity index (χ4n) is 0.622. The molecule has 0 aliphatic carbocycles. The number of rotatable bonds is 2. The van der Waals surface area contributed by atoms with Gasteiger partial charge in [0.05, 0.1) is 0 Å². The maximum absolute atomic E-state index is 10.4. The van der Waals surface area contributed by atoms with Crippen molar-refractivity contribution in [2.24, 2.45) is 5.14 Å². The summed E-state index contributed by atoms with van der Waals surface area (Å²) in [5.74, 6) is -0.191. The van der Waals surface area contributed by atoms with E-state index in [0.717, 1.165) is 0 Å². The average Bonchev–Trinajstić information content (AvgIpc) is 2.12. The first-order valence-corrected chi connectivity index (χ1v) is 4.32. The Morgan fingerprint density at radius 1 is 1.70 bits per heavy atom. The molecule has 1 heterocycles. The summed E-state index contributed by atoms with van der Waals surface area (Å²) in [7, 11) is -3.41. The Labute approximate surface area is 59.1 Å². The molecule has 1 aliphatic heterocycles. The van der Waals surface area contributed by atoms with Crippen LogP contribution in [0, 0.1) is 0 Å². The Hall–Kier alpha value is -0.750. The van der Waals surface area contributed by atoms with Gasteiger partial charge in [-0.05, 0) is 0 Å². The van der Waals surface area contributed by atoms with Crippen LogP contribution in [0.3, 0.4) is 0 Å². The Balaban J connectivity index is 2.47. The third-order valence-electron chi connectivity index (χ3n) is 0.954. The Morgan fingerprint density at radius 2 is 2.40 bits per heavy atom. The molecule has 0 amide bonds. The van der Waals surface area contributed by atoms with Gasteiger partial charge in [0.2, 0.25) is 10.0 Å². The van der Waals surface area contributed by atoms with Crippen molar-refractivity contribution in [3.63, 3.8) is 0 Å². The predicted octanol–water partition coefficient (Wildman–Crippen LogP) is -1.01. The standard InChI is InChI=1S/C4H8N2O3S/c5-10(7,8)4-6-1-2-9-3-6/h1-2H,3-4H2,(H2,5,7,8). The lowest BCUT2D eigenvalue weighted by atomic mass is 10.9. The summed E-state index contributed by atoms with van der Waals surface area (Å²) in [6.07, 6.45) is 2.95. The Bertz CT molecular complexity index is 233. The van der Waals surface area contributed by atoms with E-state index in [-0.39, 0.29) is 12.6 Å². The second-order valence-corrected chi connectivity index (χ2v) is 3.55. The smallest absolute Gasteiger partial charge is 0.227 e. The summed E-state index contributed by atoms with van der Waals surface area (Å²) >= 11 is 0. The minimum absolute atomic E-state index is 0.191. The molecule has 0 spiro atoms. The minimum atomic E-state index is -3.41. The van der Waals surface area contributed by atoms with Gasteiger partial charge in [-0.2, -0.15) is 0 Å². The highest BCUT2D eigenvalue weighted by Crippen LogP contribution is 2.00. The van der Waals surface area contributed by atoms with Crippen LogP contribution in [0.4, 0.5) is 0 Å². The summed E-state index contributed by atoms with van der Waals surface area (Å²) < 4.78 is 25.6. The van der Waals surface area contributed by atoms with Crippen LogP contribution >= 0.6 is 0 Å². The van der Waals surface area contributed by atoms with Gasteiger partial charge < -0.3 is 9.64 Å². The molecule has 5 nitrogen and oxygen atoms in total. The van der Waals surface area contributed by atoms with Crippen LogP contribution in [0.1, 0.15) is 0 Å². The van der Waals surface area contributed by atoms with Crippen LogP contribution in [-0.4, -0.2) is 25.9 Å². The van der Waals surface area contributed by atoms with Crippen molar-refractivity contribution in [2.75, 3.05) is 12.6 Å². The average molecular weight is 164 g/mol. The Kier molecular flexibility index (Phi) is 1.82. The van der Waals surface area contributed by atoms with E-state index in [1.807, 2.05) is 0 Å². The van der Waals surface area contributed by atoms with Gasteiger partial charge in [-0.15, -0.1) is 0 Å². The number of primary sulfonamides is 1. The second-order valence-electron chi connectivity index (χ2n) is 1.96. The van der Waals surface area contributed by atoms with E-state index in [4.69, 9.17) is 9.88 Å². The number of hydrogen-bond donors (Lipinski definition) is 1. The van der Waals surface area contributed by atoms with Gasteiger partial charge in [-0.3, -0.25) is 0 Å². The van der Waals surface area contributed by atoms with Gasteiger partial charge in [0.1, 0.15) is 12.1 Å². The van der Waals surface area contributed by atoms with Gasteiger partial charge in [0, 0.05) is 6.20 Å². The molecule has 2 N–H and O–H groups in total. The molecule has 6 heteroatoms. The lowest BCUT2D eigenvalue weighted by molar-refractivity contribution is 0.185. The lowest BCUT2D eigenvalue weighted by Crippen LogP contribution is -2.28.